The van der Waals surface area contributed by atoms with Crippen molar-refractivity contribution < 1.29 is 9.84 Å². The SMILES string of the molecule is COc1cc(C)c2c(c1C(C)(C)CO)CCCC2. The summed E-state index contributed by atoms with van der Waals surface area (Å²) in [6.07, 6.45) is 4.80. The van der Waals surface area contributed by atoms with Gasteiger partial charge in [-0.2, -0.15) is 0 Å². The number of aliphatic hydroxyl groups excluding tert-OH is 1. The number of hydrogen-bond donors (Lipinski definition) is 1. The van der Waals surface area contributed by atoms with Crippen LogP contribution in [0.5, 0.6) is 5.75 Å². The van der Waals surface area contributed by atoms with Gasteiger partial charge in [-0.15, -0.1) is 0 Å². The van der Waals surface area contributed by atoms with Crippen LogP contribution in [0, 0.1) is 6.92 Å². The average molecular weight is 248 g/mol. The maximum Gasteiger partial charge on any atom is 0.123 e. The highest BCUT2D eigenvalue weighted by atomic mass is 16.5. The Morgan fingerprint density at radius 3 is 2.39 bits per heavy atom. The minimum absolute atomic E-state index is 0.152. The summed E-state index contributed by atoms with van der Waals surface area (Å²) in [4.78, 5) is 0. The van der Waals surface area contributed by atoms with E-state index in [-0.39, 0.29) is 12.0 Å². The minimum Gasteiger partial charge on any atom is -0.496 e. The molecule has 100 valence electrons. The molecule has 0 fully saturated rings. The van der Waals surface area contributed by atoms with Gasteiger partial charge in [0, 0.05) is 11.0 Å². The second-order valence-corrected chi connectivity index (χ2v) is 5.98. The van der Waals surface area contributed by atoms with Crippen LogP contribution in [0.3, 0.4) is 0 Å². The lowest BCUT2D eigenvalue weighted by molar-refractivity contribution is 0.213. The van der Waals surface area contributed by atoms with Gasteiger partial charge in [-0.05, 0) is 55.4 Å². The van der Waals surface area contributed by atoms with Crippen molar-refractivity contribution >= 4 is 0 Å². The number of fused-ring (bicyclic) bond motifs is 1. The largest absolute Gasteiger partial charge is 0.496 e. The topological polar surface area (TPSA) is 29.5 Å². The van der Waals surface area contributed by atoms with Crippen molar-refractivity contribution in [3.8, 4) is 5.75 Å². The molecule has 2 nitrogen and oxygen atoms in total. The number of aliphatic hydroxyl groups is 1. The van der Waals surface area contributed by atoms with Crippen molar-refractivity contribution in [1.29, 1.82) is 0 Å². The fraction of sp³-hybridized carbons (Fsp3) is 0.625. The smallest absolute Gasteiger partial charge is 0.123 e. The van der Waals surface area contributed by atoms with Gasteiger partial charge in [-0.25, -0.2) is 0 Å². The Balaban J connectivity index is 2.68. The summed E-state index contributed by atoms with van der Waals surface area (Å²) in [5, 5.41) is 9.68. The van der Waals surface area contributed by atoms with E-state index in [1.54, 1.807) is 7.11 Å². The molecule has 2 heteroatoms. The molecule has 1 aromatic rings. The van der Waals surface area contributed by atoms with Crippen LogP contribution in [0.2, 0.25) is 0 Å². The number of rotatable bonds is 3. The van der Waals surface area contributed by atoms with E-state index in [0.717, 1.165) is 12.2 Å². The second kappa shape index (κ2) is 4.93. The fourth-order valence-electron chi connectivity index (χ4n) is 3.10. The molecule has 1 aliphatic carbocycles. The van der Waals surface area contributed by atoms with Gasteiger partial charge in [0.25, 0.3) is 0 Å². The van der Waals surface area contributed by atoms with Crippen LogP contribution >= 0.6 is 0 Å². The second-order valence-electron chi connectivity index (χ2n) is 5.98. The van der Waals surface area contributed by atoms with Crippen LogP contribution in [0.4, 0.5) is 0 Å². The van der Waals surface area contributed by atoms with Gasteiger partial charge in [0.1, 0.15) is 5.75 Å². The first-order valence-corrected chi connectivity index (χ1v) is 6.82. The summed E-state index contributed by atoms with van der Waals surface area (Å²) in [5.74, 6) is 0.937. The first-order chi connectivity index (χ1) is 8.51. The van der Waals surface area contributed by atoms with Crippen LogP contribution in [0.1, 0.15) is 48.9 Å². The lowest BCUT2D eigenvalue weighted by Crippen LogP contribution is -2.26. The third kappa shape index (κ3) is 2.14. The molecule has 0 amide bonds. The Kier molecular flexibility index (Phi) is 3.67. The predicted octanol–water partition coefficient (Wildman–Crippen LogP) is 3.15. The van der Waals surface area contributed by atoms with Crippen molar-refractivity contribution in [3.63, 3.8) is 0 Å². The standard InChI is InChI=1S/C16H24O2/c1-11-9-14(18-4)15(16(2,3)10-17)13-8-6-5-7-12(11)13/h9,17H,5-8,10H2,1-4H3. The third-order valence-electron chi connectivity index (χ3n) is 4.13. The molecule has 1 aliphatic rings. The Morgan fingerprint density at radius 1 is 1.22 bits per heavy atom. The highest BCUT2D eigenvalue weighted by Crippen LogP contribution is 2.40. The number of methoxy groups -OCH3 is 1. The average Bonchev–Trinajstić information content (AvgIpc) is 2.38. The molecule has 0 radical (unpaired) electrons. The number of hydrogen-bond acceptors (Lipinski definition) is 2. The van der Waals surface area contributed by atoms with Crippen molar-refractivity contribution in [2.45, 2.75) is 51.9 Å². The number of aryl methyl sites for hydroxylation is 1. The zero-order valence-electron chi connectivity index (χ0n) is 12.0. The molecule has 1 N–H and O–H groups in total. The normalized spacial score (nSPS) is 15.4. The Labute approximate surface area is 110 Å². The van der Waals surface area contributed by atoms with Gasteiger partial charge >= 0.3 is 0 Å². The van der Waals surface area contributed by atoms with Crippen molar-refractivity contribution in [2.24, 2.45) is 0 Å². The van der Waals surface area contributed by atoms with E-state index in [1.807, 2.05) is 0 Å². The molecule has 0 aliphatic heterocycles. The van der Waals surface area contributed by atoms with Gasteiger partial charge < -0.3 is 9.84 Å². The molecule has 0 spiro atoms. The summed E-state index contributed by atoms with van der Waals surface area (Å²) in [5.41, 5.74) is 5.23. The Hall–Kier alpha value is -1.02. The van der Waals surface area contributed by atoms with Crippen LogP contribution in [-0.2, 0) is 18.3 Å². The van der Waals surface area contributed by atoms with Gasteiger partial charge in [0.05, 0.1) is 13.7 Å². The number of ether oxygens (including phenoxy) is 1. The maximum absolute atomic E-state index is 9.68. The third-order valence-corrected chi connectivity index (χ3v) is 4.13. The summed E-state index contributed by atoms with van der Waals surface area (Å²) in [7, 11) is 1.72. The van der Waals surface area contributed by atoms with Crippen LogP contribution < -0.4 is 4.74 Å². The lowest BCUT2D eigenvalue weighted by atomic mass is 9.75. The van der Waals surface area contributed by atoms with Crippen LogP contribution in [-0.4, -0.2) is 18.8 Å². The van der Waals surface area contributed by atoms with Crippen molar-refractivity contribution in [1.82, 2.24) is 0 Å². The predicted molar refractivity (Wildman–Crippen MR) is 74.5 cm³/mol. The van der Waals surface area contributed by atoms with E-state index in [0.29, 0.717) is 0 Å². The quantitative estimate of drug-likeness (QED) is 0.890. The van der Waals surface area contributed by atoms with E-state index in [9.17, 15) is 5.11 Å². The Bertz CT molecular complexity index is 447. The van der Waals surface area contributed by atoms with Crippen molar-refractivity contribution in [3.05, 3.63) is 28.3 Å². The summed E-state index contributed by atoms with van der Waals surface area (Å²) in [6, 6.07) is 2.14. The molecule has 0 heterocycles. The van der Waals surface area contributed by atoms with Crippen LogP contribution in [0.25, 0.3) is 0 Å². The van der Waals surface area contributed by atoms with Gasteiger partial charge in [-0.3, -0.25) is 0 Å². The Morgan fingerprint density at radius 2 is 1.83 bits per heavy atom. The van der Waals surface area contributed by atoms with E-state index in [2.05, 4.69) is 26.8 Å². The maximum atomic E-state index is 9.68. The van der Waals surface area contributed by atoms with Gasteiger partial charge in [0.2, 0.25) is 0 Å². The summed E-state index contributed by atoms with van der Waals surface area (Å²) in [6.45, 7) is 6.51. The molecule has 0 saturated heterocycles. The summed E-state index contributed by atoms with van der Waals surface area (Å²) < 4.78 is 5.57. The van der Waals surface area contributed by atoms with Gasteiger partial charge in [-0.1, -0.05) is 13.8 Å². The lowest BCUT2D eigenvalue weighted by Gasteiger charge is -2.32. The first kappa shape index (κ1) is 13.4. The summed E-state index contributed by atoms with van der Waals surface area (Å²) >= 11 is 0. The molecular formula is C16H24O2. The van der Waals surface area contributed by atoms with Crippen molar-refractivity contribution in [2.75, 3.05) is 13.7 Å². The molecule has 0 bridgehead atoms. The van der Waals surface area contributed by atoms with E-state index < -0.39 is 0 Å². The molecular weight excluding hydrogens is 224 g/mol. The zero-order chi connectivity index (χ0) is 13.3. The highest BCUT2D eigenvalue weighted by molar-refractivity contribution is 5.53. The fourth-order valence-corrected chi connectivity index (χ4v) is 3.10. The molecule has 18 heavy (non-hydrogen) atoms. The van der Waals surface area contributed by atoms with E-state index in [4.69, 9.17) is 4.74 Å². The molecule has 0 unspecified atom stereocenters. The molecule has 0 aromatic heterocycles. The van der Waals surface area contributed by atoms with Crippen LogP contribution in [0.15, 0.2) is 6.07 Å². The molecule has 0 atom stereocenters. The zero-order valence-corrected chi connectivity index (χ0v) is 12.0. The molecule has 1 aromatic carbocycles. The minimum atomic E-state index is -0.236. The van der Waals surface area contributed by atoms with E-state index in [1.165, 1.54) is 41.5 Å². The van der Waals surface area contributed by atoms with Gasteiger partial charge in [0.15, 0.2) is 0 Å². The molecule has 0 saturated carbocycles. The molecule has 2 rings (SSSR count). The first-order valence-electron chi connectivity index (χ1n) is 6.82. The number of benzene rings is 1. The highest BCUT2D eigenvalue weighted by Gasteiger charge is 2.30. The van der Waals surface area contributed by atoms with E-state index >= 15 is 0 Å². The monoisotopic (exact) mass is 248 g/mol.